The second-order valence-electron chi connectivity index (χ2n) is 15.7. The molecule has 2 aromatic rings. The minimum atomic E-state index is -1.11. The molecule has 0 saturated carbocycles. The van der Waals surface area contributed by atoms with E-state index in [-0.39, 0.29) is 55.2 Å². The fraction of sp³-hybridized carbons (Fsp3) is 0.690. The van der Waals surface area contributed by atoms with Crippen molar-refractivity contribution in [1.29, 1.82) is 0 Å². The highest BCUT2D eigenvalue weighted by Gasteiger charge is 2.38. The van der Waals surface area contributed by atoms with Crippen LogP contribution < -0.4 is 22.5 Å². The number of fused-ring (bicyclic) bond motifs is 1. The smallest absolute Gasteiger partial charge is 0.227 e. The van der Waals surface area contributed by atoms with Crippen molar-refractivity contribution >= 4 is 40.2 Å². The summed E-state index contributed by atoms with van der Waals surface area (Å²) < 4.78 is 0. The van der Waals surface area contributed by atoms with E-state index in [9.17, 15) is 19.2 Å². The van der Waals surface area contributed by atoms with Gasteiger partial charge in [0.1, 0.15) is 5.78 Å². The number of aromatic nitrogens is 1. The molecule has 52 heavy (non-hydrogen) atoms. The lowest BCUT2D eigenvalue weighted by Crippen LogP contribution is -2.49. The van der Waals surface area contributed by atoms with Gasteiger partial charge >= 0.3 is 0 Å². The average Bonchev–Trinajstić information content (AvgIpc) is 3.49. The number of hydrogen-bond acceptors (Lipinski definition) is 5. The first-order chi connectivity index (χ1) is 24.9. The summed E-state index contributed by atoms with van der Waals surface area (Å²) in [5, 5.41) is 4.01. The van der Waals surface area contributed by atoms with Gasteiger partial charge in [-0.15, -0.1) is 0 Å². The number of aromatic amines is 1. The SMILES string of the molecule is CCCCCCCCCCCCCCCC(=O)C[C@](C)(Cc1c[nH]c2ccccc12)C(=O)N[C@@H](CCCN=C(N)N)C(=O)C[C@@H](CC(C)C)C(N)=O. The van der Waals surface area contributed by atoms with E-state index in [1.165, 1.54) is 64.2 Å². The van der Waals surface area contributed by atoms with Crippen LogP contribution >= 0.6 is 0 Å². The van der Waals surface area contributed by atoms with Crippen LogP contribution in [-0.2, 0) is 25.6 Å². The molecule has 0 radical (unpaired) electrons. The summed E-state index contributed by atoms with van der Waals surface area (Å²) >= 11 is 0. The Balaban J connectivity index is 2.10. The highest BCUT2D eigenvalue weighted by molar-refractivity contribution is 5.95. The molecular weight excluding hydrogens is 653 g/mol. The van der Waals surface area contributed by atoms with E-state index in [1.54, 1.807) is 0 Å². The van der Waals surface area contributed by atoms with Gasteiger partial charge in [-0.2, -0.15) is 0 Å². The lowest BCUT2D eigenvalue weighted by atomic mass is 9.77. The Hall–Kier alpha value is -3.69. The second-order valence-corrected chi connectivity index (χ2v) is 15.7. The number of amides is 2. The predicted octanol–water partition coefficient (Wildman–Crippen LogP) is 7.80. The zero-order valence-corrected chi connectivity index (χ0v) is 32.8. The van der Waals surface area contributed by atoms with E-state index < -0.39 is 23.3 Å². The van der Waals surface area contributed by atoms with Gasteiger partial charge in [-0.25, -0.2) is 0 Å². The summed E-state index contributed by atoms with van der Waals surface area (Å²) in [6.07, 6.45) is 19.8. The number of benzene rings is 1. The summed E-state index contributed by atoms with van der Waals surface area (Å²) in [7, 11) is 0. The summed E-state index contributed by atoms with van der Waals surface area (Å²) in [6.45, 7) is 8.30. The molecule has 1 aromatic carbocycles. The van der Waals surface area contributed by atoms with Gasteiger partial charge in [-0.3, -0.25) is 24.2 Å². The van der Waals surface area contributed by atoms with Crippen LogP contribution in [0.1, 0.15) is 155 Å². The molecule has 0 fully saturated rings. The molecule has 2 rings (SSSR count). The Morgan fingerprint density at radius 2 is 1.44 bits per heavy atom. The number of hydrogen-bond donors (Lipinski definition) is 5. The molecule has 0 spiro atoms. The van der Waals surface area contributed by atoms with Gasteiger partial charge in [0.05, 0.1) is 11.5 Å². The number of Topliss-reactive ketones (excluding diaryl/α,β-unsaturated/α-hetero) is 2. The molecule has 8 N–H and O–H groups in total. The lowest BCUT2D eigenvalue weighted by molar-refractivity contribution is -0.138. The minimum Gasteiger partial charge on any atom is -0.370 e. The maximum Gasteiger partial charge on any atom is 0.227 e. The number of aliphatic imine (C=N–C) groups is 1. The number of primary amides is 1. The van der Waals surface area contributed by atoms with Gasteiger partial charge in [0, 0.05) is 48.8 Å². The van der Waals surface area contributed by atoms with Gasteiger partial charge < -0.3 is 27.5 Å². The first-order valence-electron chi connectivity index (χ1n) is 20.1. The number of nitrogens with two attached hydrogens (primary N) is 3. The number of nitrogens with zero attached hydrogens (tertiary/aromatic N) is 1. The van der Waals surface area contributed by atoms with E-state index >= 15 is 0 Å². The number of nitrogens with one attached hydrogen (secondary N) is 2. The van der Waals surface area contributed by atoms with E-state index in [0.29, 0.717) is 25.7 Å². The molecule has 1 heterocycles. The fourth-order valence-corrected chi connectivity index (χ4v) is 7.19. The highest BCUT2D eigenvalue weighted by Crippen LogP contribution is 2.32. The zero-order valence-electron chi connectivity index (χ0n) is 32.8. The van der Waals surface area contributed by atoms with Crippen LogP contribution in [0.2, 0.25) is 0 Å². The number of para-hydroxylation sites is 1. The van der Waals surface area contributed by atoms with Gasteiger partial charge in [0.2, 0.25) is 11.8 Å². The molecule has 0 unspecified atom stereocenters. The molecule has 0 aliphatic heterocycles. The van der Waals surface area contributed by atoms with Crippen molar-refractivity contribution in [3.63, 3.8) is 0 Å². The molecule has 10 heteroatoms. The molecule has 1 aromatic heterocycles. The molecule has 10 nitrogen and oxygen atoms in total. The van der Waals surface area contributed by atoms with Crippen molar-refractivity contribution in [2.24, 2.45) is 39.4 Å². The second kappa shape index (κ2) is 24.5. The van der Waals surface area contributed by atoms with Crippen LogP contribution in [0.15, 0.2) is 35.5 Å². The van der Waals surface area contributed by atoms with Crippen molar-refractivity contribution in [2.75, 3.05) is 6.54 Å². The number of unbranched alkanes of at least 4 members (excludes halogenated alkanes) is 12. The van der Waals surface area contributed by atoms with Gasteiger partial charge in [-0.05, 0) is 49.7 Å². The van der Waals surface area contributed by atoms with Crippen LogP contribution in [0.3, 0.4) is 0 Å². The number of H-pyrrole nitrogens is 1. The van der Waals surface area contributed by atoms with Crippen LogP contribution in [0, 0.1) is 17.3 Å². The van der Waals surface area contributed by atoms with Crippen molar-refractivity contribution in [3.05, 3.63) is 36.0 Å². The van der Waals surface area contributed by atoms with E-state index in [1.807, 2.05) is 51.2 Å². The van der Waals surface area contributed by atoms with Crippen molar-refractivity contribution in [1.82, 2.24) is 10.3 Å². The maximum atomic E-state index is 14.3. The molecule has 0 aliphatic carbocycles. The molecule has 2 amide bonds. The molecule has 0 saturated heterocycles. The summed E-state index contributed by atoms with van der Waals surface area (Å²) in [4.78, 5) is 61.1. The average molecular weight is 723 g/mol. The topological polar surface area (TPSA) is 187 Å². The third-order valence-corrected chi connectivity index (χ3v) is 10.2. The van der Waals surface area contributed by atoms with E-state index in [2.05, 4.69) is 22.2 Å². The monoisotopic (exact) mass is 723 g/mol. The lowest BCUT2D eigenvalue weighted by Gasteiger charge is -2.30. The largest absolute Gasteiger partial charge is 0.370 e. The minimum absolute atomic E-state index is 0.0434. The molecular formula is C42H70N6O4. The van der Waals surface area contributed by atoms with Crippen molar-refractivity contribution in [2.45, 2.75) is 162 Å². The Morgan fingerprint density at radius 3 is 2.02 bits per heavy atom. The van der Waals surface area contributed by atoms with E-state index in [0.717, 1.165) is 35.7 Å². The summed E-state index contributed by atoms with van der Waals surface area (Å²) in [5.41, 5.74) is 17.5. The van der Waals surface area contributed by atoms with Crippen LogP contribution in [0.25, 0.3) is 10.9 Å². The molecule has 0 aliphatic rings. The Labute approximate surface area is 313 Å². The zero-order chi connectivity index (χ0) is 38.4. The summed E-state index contributed by atoms with van der Waals surface area (Å²) in [5.74, 6) is -1.64. The molecule has 292 valence electrons. The van der Waals surface area contributed by atoms with Crippen LogP contribution in [-0.4, -0.2) is 46.9 Å². The Bertz CT molecular complexity index is 1400. The normalized spacial score (nSPS) is 13.8. The van der Waals surface area contributed by atoms with Crippen molar-refractivity contribution < 1.29 is 19.2 Å². The number of guanidine groups is 1. The standard InChI is InChI=1S/C42H70N6O4/c1-5-6-7-8-9-10-11-12-13-14-15-16-17-21-34(49)29-42(4,28-33-30-47-36-23-19-18-22-35(33)36)40(52)48-37(24-20-25-46-41(44)45)38(50)27-32(39(43)51)26-31(2)3/h18-19,22-23,30-32,37,47H,5-17,20-21,24-29H2,1-4H3,(H2,43,51)(H,48,52)(H4,44,45,46)/t32-,37+,42+/m1/s1. The quantitative estimate of drug-likeness (QED) is 0.0311. The van der Waals surface area contributed by atoms with E-state index in [4.69, 9.17) is 17.2 Å². The predicted molar refractivity (Wildman–Crippen MR) is 214 cm³/mol. The van der Waals surface area contributed by atoms with Crippen molar-refractivity contribution in [3.8, 4) is 0 Å². The van der Waals surface area contributed by atoms with Gasteiger partial charge in [0.25, 0.3) is 0 Å². The maximum absolute atomic E-state index is 14.3. The summed E-state index contributed by atoms with van der Waals surface area (Å²) in [6, 6.07) is 7.01. The third-order valence-electron chi connectivity index (χ3n) is 10.2. The number of rotatable bonds is 30. The Morgan fingerprint density at radius 1 is 0.846 bits per heavy atom. The number of carbonyl (C=O) groups excluding carboxylic acids is 4. The number of carbonyl (C=O) groups is 4. The molecule has 3 atom stereocenters. The first-order valence-corrected chi connectivity index (χ1v) is 20.1. The first kappa shape index (κ1) is 44.5. The van der Waals surface area contributed by atoms with Gasteiger partial charge in [0.15, 0.2) is 11.7 Å². The molecule has 0 bridgehead atoms. The Kier molecular flexibility index (Phi) is 21.0. The third kappa shape index (κ3) is 17.2. The van der Waals surface area contributed by atoms with Crippen LogP contribution in [0.5, 0.6) is 0 Å². The van der Waals surface area contributed by atoms with Gasteiger partial charge in [-0.1, -0.05) is 123 Å². The number of ketones is 2. The van der Waals surface area contributed by atoms with Crippen LogP contribution in [0.4, 0.5) is 0 Å². The highest BCUT2D eigenvalue weighted by atomic mass is 16.2. The fourth-order valence-electron chi connectivity index (χ4n) is 7.19.